The molecule has 4 amide bonds. The van der Waals surface area contributed by atoms with E-state index in [1.165, 1.54) is 0 Å². The van der Waals surface area contributed by atoms with Crippen LogP contribution in [0.1, 0.15) is 44.4 Å². The van der Waals surface area contributed by atoms with E-state index in [4.69, 9.17) is 10.5 Å². The monoisotopic (exact) mass is 543 g/mol. The molecule has 0 aromatic heterocycles. The third kappa shape index (κ3) is 8.04. The fourth-order valence-corrected chi connectivity index (χ4v) is 4.12. The maximum absolute atomic E-state index is 13.8. The van der Waals surface area contributed by atoms with Gasteiger partial charge >= 0.3 is 6.09 Å². The van der Waals surface area contributed by atoms with Crippen LogP contribution in [-0.4, -0.2) is 46.9 Å². The Balaban J connectivity index is 2.00. The van der Waals surface area contributed by atoms with Gasteiger partial charge in [-0.2, -0.15) is 5.26 Å². The largest absolute Gasteiger partial charge is 0.444 e. The Morgan fingerprint density at radius 3 is 2.25 bits per heavy atom. The number of fused-ring (bicyclic) bond motifs is 1. The van der Waals surface area contributed by atoms with Crippen molar-refractivity contribution < 1.29 is 23.9 Å². The molecule has 0 bridgehead atoms. The van der Waals surface area contributed by atoms with Crippen LogP contribution in [0.25, 0.3) is 10.8 Å². The van der Waals surface area contributed by atoms with Crippen molar-refractivity contribution >= 4 is 40.3 Å². The molecule has 0 radical (unpaired) electrons. The fraction of sp³-hybridized carbons (Fsp3) is 0.300. The maximum atomic E-state index is 13.8. The number of hydrogen-bond acceptors (Lipinski definition) is 6. The van der Waals surface area contributed by atoms with E-state index >= 15 is 0 Å². The van der Waals surface area contributed by atoms with Crippen LogP contribution in [0.15, 0.2) is 66.7 Å². The summed E-state index contributed by atoms with van der Waals surface area (Å²) >= 11 is 0. The van der Waals surface area contributed by atoms with Gasteiger partial charge in [0.05, 0.1) is 12.5 Å². The highest BCUT2D eigenvalue weighted by Crippen LogP contribution is 2.26. The van der Waals surface area contributed by atoms with Crippen LogP contribution in [0.2, 0.25) is 0 Å². The summed E-state index contributed by atoms with van der Waals surface area (Å²) in [5.41, 5.74) is 6.35. The number of nitriles is 1. The number of amides is 4. The smallest absolute Gasteiger partial charge is 0.408 e. The zero-order valence-corrected chi connectivity index (χ0v) is 22.9. The number of ether oxygens (including phenoxy) is 1. The van der Waals surface area contributed by atoms with E-state index in [0.717, 1.165) is 21.2 Å². The number of carbonyl (C=O) groups is 4. The Kier molecular flexibility index (Phi) is 9.45. The number of primary amides is 1. The summed E-state index contributed by atoms with van der Waals surface area (Å²) in [7, 11) is 0. The standard InChI is InChI=1S/C30H33N5O5/c1-19-9-11-21(12-10-19)26(27(37)33-23-14-13-20-7-5-6-8-22(20)17-23)35(16-15-31)28(38)24(18-25(32)36)34-29(39)40-30(2,3)4/h5-14,17,24,26H,16,18H2,1-4H3,(H2,32,36)(H,33,37)(H,34,39). The number of carbonyl (C=O) groups excluding carboxylic acids is 4. The van der Waals surface area contributed by atoms with Crippen molar-refractivity contribution in [2.75, 3.05) is 11.9 Å². The minimum atomic E-state index is -1.47. The summed E-state index contributed by atoms with van der Waals surface area (Å²) in [6, 6.07) is 19.1. The molecular formula is C30H33N5O5. The van der Waals surface area contributed by atoms with Gasteiger partial charge in [-0.25, -0.2) is 4.79 Å². The van der Waals surface area contributed by atoms with Crippen molar-refractivity contribution in [3.05, 3.63) is 77.9 Å². The van der Waals surface area contributed by atoms with Gasteiger partial charge < -0.3 is 26.0 Å². The summed E-state index contributed by atoms with van der Waals surface area (Å²) in [6.45, 7) is 6.30. The lowest BCUT2D eigenvalue weighted by molar-refractivity contribution is -0.141. The average molecular weight is 544 g/mol. The van der Waals surface area contributed by atoms with Gasteiger partial charge in [0.25, 0.3) is 5.91 Å². The molecule has 0 heterocycles. The molecule has 2 unspecified atom stereocenters. The number of nitrogens with zero attached hydrogens (tertiary/aromatic N) is 2. The Bertz CT molecular complexity index is 1440. The van der Waals surface area contributed by atoms with E-state index in [2.05, 4.69) is 10.6 Å². The number of aryl methyl sites for hydroxylation is 1. The van der Waals surface area contributed by atoms with Crippen molar-refractivity contribution in [2.45, 2.75) is 51.8 Å². The highest BCUT2D eigenvalue weighted by molar-refractivity contribution is 6.01. The third-order valence-corrected chi connectivity index (χ3v) is 5.89. The molecule has 4 N–H and O–H groups in total. The zero-order chi connectivity index (χ0) is 29.4. The van der Waals surface area contributed by atoms with Crippen LogP contribution in [0, 0.1) is 18.3 Å². The first-order chi connectivity index (χ1) is 18.9. The lowest BCUT2D eigenvalue weighted by Crippen LogP contribution is -2.53. The summed E-state index contributed by atoms with van der Waals surface area (Å²) in [5, 5.41) is 16.7. The molecular weight excluding hydrogens is 510 g/mol. The molecule has 208 valence electrons. The molecule has 40 heavy (non-hydrogen) atoms. The minimum Gasteiger partial charge on any atom is -0.444 e. The van der Waals surface area contributed by atoms with E-state index in [9.17, 15) is 24.4 Å². The van der Waals surface area contributed by atoms with Crippen LogP contribution in [-0.2, 0) is 19.1 Å². The van der Waals surface area contributed by atoms with Crippen molar-refractivity contribution in [2.24, 2.45) is 5.73 Å². The average Bonchev–Trinajstić information content (AvgIpc) is 2.87. The second-order valence-electron chi connectivity index (χ2n) is 10.4. The summed E-state index contributed by atoms with van der Waals surface area (Å²) in [6.07, 6.45) is -1.51. The molecule has 10 heteroatoms. The van der Waals surface area contributed by atoms with Gasteiger partial charge in [0.1, 0.15) is 24.2 Å². The number of alkyl carbamates (subject to hydrolysis) is 1. The molecule has 0 aliphatic carbocycles. The molecule has 3 aromatic carbocycles. The normalized spacial score (nSPS) is 12.5. The molecule has 0 aliphatic rings. The summed E-state index contributed by atoms with van der Waals surface area (Å²) in [5.74, 6) is -2.29. The van der Waals surface area contributed by atoms with Gasteiger partial charge in [0.2, 0.25) is 11.8 Å². The number of nitrogens with two attached hydrogens (primary N) is 1. The van der Waals surface area contributed by atoms with Crippen LogP contribution < -0.4 is 16.4 Å². The predicted octanol–water partition coefficient (Wildman–Crippen LogP) is 3.95. The quantitative estimate of drug-likeness (QED) is 0.347. The summed E-state index contributed by atoms with van der Waals surface area (Å²) in [4.78, 5) is 52.9. The van der Waals surface area contributed by atoms with Gasteiger partial charge in [-0.05, 0) is 56.2 Å². The molecule has 0 aliphatic heterocycles. The van der Waals surface area contributed by atoms with Gasteiger partial charge in [0.15, 0.2) is 0 Å². The van der Waals surface area contributed by atoms with Gasteiger partial charge in [-0.3, -0.25) is 14.4 Å². The number of rotatable bonds is 9. The molecule has 0 fully saturated rings. The second kappa shape index (κ2) is 12.8. The van der Waals surface area contributed by atoms with Gasteiger partial charge in [-0.1, -0.05) is 60.2 Å². The molecule has 10 nitrogen and oxygen atoms in total. The second-order valence-corrected chi connectivity index (χ2v) is 10.4. The van der Waals surface area contributed by atoms with Crippen LogP contribution in [0.3, 0.4) is 0 Å². The number of hydrogen-bond donors (Lipinski definition) is 3. The van der Waals surface area contributed by atoms with E-state index in [0.29, 0.717) is 11.3 Å². The highest BCUT2D eigenvalue weighted by atomic mass is 16.6. The van der Waals surface area contributed by atoms with Gasteiger partial charge in [0, 0.05) is 5.69 Å². The SMILES string of the molecule is Cc1ccc(C(C(=O)Nc2ccc3ccccc3c2)N(CC#N)C(=O)C(CC(N)=O)NC(=O)OC(C)(C)C)cc1. The van der Waals surface area contributed by atoms with Crippen LogP contribution >= 0.6 is 0 Å². The minimum absolute atomic E-state index is 0.433. The topological polar surface area (TPSA) is 155 Å². The van der Waals surface area contributed by atoms with E-state index in [-0.39, 0.29) is 0 Å². The molecule has 3 rings (SSSR count). The van der Waals surface area contributed by atoms with Crippen molar-refractivity contribution in [1.82, 2.24) is 10.2 Å². The molecule has 0 saturated heterocycles. The number of benzene rings is 3. The van der Waals surface area contributed by atoms with E-state index < -0.39 is 54.5 Å². The fourth-order valence-electron chi connectivity index (χ4n) is 4.12. The molecule has 3 aromatic rings. The first-order valence-electron chi connectivity index (χ1n) is 12.7. The lowest BCUT2D eigenvalue weighted by Gasteiger charge is -2.32. The summed E-state index contributed by atoms with van der Waals surface area (Å²) < 4.78 is 5.24. The third-order valence-electron chi connectivity index (χ3n) is 5.89. The Labute approximate surface area is 233 Å². The van der Waals surface area contributed by atoms with E-state index in [1.54, 1.807) is 57.2 Å². The number of nitrogens with one attached hydrogen (secondary N) is 2. The van der Waals surface area contributed by atoms with Crippen molar-refractivity contribution in [3.63, 3.8) is 0 Å². The molecule has 0 spiro atoms. The maximum Gasteiger partial charge on any atom is 0.408 e. The Morgan fingerprint density at radius 2 is 1.65 bits per heavy atom. The van der Waals surface area contributed by atoms with E-state index in [1.807, 2.05) is 43.3 Å². The van der Waals surface area contributed by atoms with Gasteiger partial charge in [-0.15, -0.1) is 0 Å². The predicted molar refractivity (Wildman–Crippen MR) is 151 cm³/mol. The van der Waals surface area contributed by atoms with Crippen molar-refractivity contribution in [1.29, 1.82) is 5.26 Å². The van der Waals surface area contributed by atoms with Crippen LogP contribution in [0.4, 0.5) is 10.5 Å². The number of anilines is 1. The van der Waals surface area contributed by atoms with Crippen molar-refractivity contribution in [3.8, 4) is 6.07 Å². The first kappa shape index (κ1) is 29.6. The Hall–Kier alpha value is -4.91. The molecule has 0 saturated carbocycles. The lowest BCUT2D eigenvalue weighted by atomic mass is 10.0. The highest BCUT2D eigenvalue weighted by Gasteiger charge is 2.37. The molecule has 2 atom stereocenters. The first-order valence-corrected chi connectivity index (χ1v) is 12.7. The van der Waals surface area contributed by atoms with Crippen LogP contribution in [0.5, 0.6) is 0 Å². The Morgan fingerprint density at radius 1 is 1.00 bits per heavy atom. The zero-order valence-electron chi connectivity index (χ0n) is 22.9.